The van der Waals surface area contributed by atoms with E-state index in [0.717, 1.165) is 43.6 Å². The molecule has 2 nitrogen and oxygen atoms in total. The Balaban J connectivity index is 2.05. The zero-order valence-electron chi connectivity index (χ0n) is 15.0. The van der Waals surface area contributed by atoms with E-state index >= 15 is 0 Å². The summed E-state index contributed by atoms with van der Waals surface area (Å²) in [5, 5.41) is 1.64. The van der Waals surface area contributed by atoms with Gasteiger partial charge in [-0.05, 0) is 42.5 Å². The van der Waals surface area contributed by atoms with Crippen molar-refractivity contribution < 1.29 is 31.1 Å². The van der Waals surface area contributed by atoms with Crippen LogP contribution in [-0.4, -0.2) is 24.4 Å². The Morgan fingerprint density at radius 1 is 1.07 bits per heavy atom. The Morgan fingerprint density at radius 3 is 2.36 bits per heavy atom. The van der Waals surface area contributed by atoms with Crippen LogP contribution in [0, 0.1) is 5.92 Å². The molecule has 0 spiro atoms. The molecular formula is C19H21F6NOS. The molecule has 1 aliphatic rings. The van der Waals surface area contributed by atoms with Gasteiger partial charge >= 0.3 is 18.3 Å². The lowest BCUT2D eigenvalue weighted by atomic mass is 9.91. The van der Waals surface area contributed by atoms with Gasteiger partial charge in [-0.1, -0.05) is 31.4 Å². The number of carbonyl (C=O) groups is 1. The molecular weight excluding hydrogens is 404 g/mol. The molecule has 0 atom stereocenters. The van der Waals surface area contributed by atoms with E-state index in [1.54, 1.807) is 11.4 Å². The summed E-state index contributed by atoms with van der Waals surface area (Å²) < 4.78 is 75.8. The van der Waals surface area contributed by atoms with Crippen molar-refractivity contribution in [3.05, 3.63) is 35.4 Å². The molecule has 1 aromatic carbocycles. The van der Waals surface area contributed by atoms with Crippen molar-refractivity contribution in [2.24, 2.45) is 5.92 Å². The first-order valence-corrected chi connectivity index (χ1v) is 9.91. The van der Waals surface area contributed by atoms with Gasteiger partial charge in [0.25, 0.3) is 0 Å². The number of thioether (sulfide) groups is 1. The van der Waals surface area contributed by atoms with Crippen molar-refractivity contribution in [3.8, 4) is 0 Å². The minimum Gasteiger partial charge on any atom is -0.345 e. The van der Waals surface area contributed by atoms with Crippen molar-refractivity contribution in [3.63, 3.8) is 0 Å². The number of hydrogen-bond acceptors (Lipinski definition) is 2. The second kappa shape index (κ2) is 9.71. The van der Waals surface area contributed by atoms with E-state index in [2.05, 4.69) is 0 Å². The summed E-state index contributed by atoms with van der Waals surface area (Å²) >= 11 is 1.37. The number of halogens is 6. The summed E-state index contributed by atoms with van der Waals surface area (Å²) in [6.45, 7) is -0.431. The Bertz CT molecular complexity index is 693. The molecule has 1 amide bonds. The molecule has 156 valence electrons. The number of nitrogens with one attached hydrogen (secondary N) is 1. The van der Waals surface area contributed by atoms with Crippen molar-refractivity contribution in [1.29, 1.82) is 0 Å². The topological polar surface area (TPSA) is 29.1 Å². The van der Waals surface area contributed by atoms with E-state index < -0.39 is 30.4 Å². The summed E-state index contributed by atoms with van der Waals surface area (Å²) in [4.78, 5) is 11.2. The number of carbonyl (C=O) groups excluding carboxylic acids is 1. The fourth-order valence-electron chi connectivity index (χ4n) is 2.98. The number of benzene rings is 1. The minimum absolute atomic E-state index is 0.224. The average Bonchev–Trinajstić information content (AvgIpc) is 2.62. The van der Waals surface area contributed by atoms with Gasteiger partial charge in [-0.3, -0.25) is 4.79 Å². The largest absolute Gasteiger partial charge is 0.471 e. The lowest BCUT2D eigenvalue weighted by Gasteiger charge is -2.21. The molecule has 0 radical (unpaired) electrons. The molecule has 1 fully saturated rings. The normalized spacial score (nSPS) is 16.5. The van der Waals surface area contributed by atoms with Gasteiger partial charge in [-0.25, -0.2) is 0 Å². The Kier molecular flexibility index (Phi) is 7.86. The van der Waals surface area contributed by atoms with Crippen LogP contribution >= 0.6 is 11.8 Å². The Hall–Kier alpha value is -1.64. The van der Waals surface area contributed by atoms with Crippen LogP contribution in [0.15, 0.2) is 29.2 Å². The Labute approximate surface area is 163 Å². The first kappa shape index (κ1) is 22.6. The fraction of sp³-hybridized carbons (Fsp3) is 0.526. The molecule has 9 heteroatoms. The zero-order valence-corrected chi connectivity index (χ0v) is 15.8. The standard InChI is InChI=1S/C19H21F6NOS/c20-18(21,22)15-9-14(7-4-8-26-17(27)19(23,24)25)10-16(11-15)28-12-13-5-2-1-3-6-13/h4,7,9-11,13H,1-3,5-6,8,12H2,(H,26,27). The van der Waals surface area contributed by atoms with E-state index in [0.29, 0.717) is 10.8 Å². The van der Waals surface area contributed by atoms with Crippen LogP contribution in [0.1, 0.15) is 43.2 Å². The average molecular weight is 425 g/mol. The van der Waals surface area contributed by atoms with Crippen LogP contribution < -0.4 is 5.32 Å². The molecule has 1 N–H and O–H groups in total. The van der Waals surface area contributed by atoms with Crippen LogP contribution in [-0.2, 0) is 11.0 Å². The van der Waals surface area contributed by atoms with E-state index in [1.165, 1.54) is 30.3 Å². The van der Waals surface area contributed by atoms with Crippen molar-refractivity contribution in [2.45, 2.75) is 49.4 Å². The summed E-state index contributed by atoms with van der Waals surface area (Å²) in [7, 11) is 0. The molecule has 0 heterocycles. The minimum atomic E-state index is -4.99. The number of alkyl halides is 6. The lowest BCUT2D eigenvalue weighted by Crippen LogP contribution is -2.36. The monoisotopic (exact) mass is 425 g/mol. The highest BCUT2D eigenvalue weighted by atomic mass is 32.2. The van der Waals surface area contributed by atoms with Crippen LogP contribution in [0.5, 0.6) is 0 Å². The van der Waals surface area contributed by atoms with Crippen LogP contribution in [0.25, 0.3) is 6.08 Å². The molecule has 2 rings (SSSR count). The van der Waals surface area contributed by atoms with Crippen molar-refractivity contribution in [1.82, 2.24) is 5.32 Å². The maximum atomic E-state index is 13.2. The maximum Gasteiger partial charge on any atom is 0.471 e. The molecule has 0 unspecified atom stereocenters. The SMILES string of the molecule is O=C(NCC=Cc1cc(SCC2CCCCC2)cc(C(F)(F)F)c1)C(F)(F)F. The second-order valence-electron chi connectivity index (χ2n) is 6.71. The van der Waals surface area contributed by atoms with Gasteiger partial charge in [0, 0.05) is 17.2 Å². The molecule has 0 aromatic heterocycles. The maximum absolute atomic E-state index is 13.2. The predicted octanol–water partition coefficient (Wildman–Crippen LogP) is 6.07. The second-order valence-corrected chi connectivity index (χ2v) is 7.81. The first-order valence-electron chi connectivity index (χ1n) is 8.92. The van der Waals surface area contributed by atoms with Crippen LogP contribution in [0.3, 0.4) is 0 Å². The Morgan fingerprint density at radius 2 is 1.75 bits per heavy atom. The van der Waals surface area contributed by atoms with E-state index in [1.807, 2.05) is 0 Å². The highest BCUT2D eigenvalue weighted by molar-refractivity contribution is 7.99. The van der Waals surface area contributed by atoms with Gasteiger partial charge in [-0.15, -0.1) is 11.8 Å². The number of rotatable bonds is 6. The highest BCUT2D eigenvalue weighted by Gasteiger charge is 2.38. The van der Waals surface area contributed by atoms with Crippen LogP contribution in [0.4, 0.5) is 26.3 Å². The molecule has 0 saturated heterocycles. The van der Waals surface area contributed by atoms with Crippen molar-refractivity contribution >= 4 is 23.7 Å². The van der Waals surface area contributed by atoms with Gasteiger partial charge in [0.05, 0.1) is 5.56 Å². The van der Waals surface area contributed by atoms with E-state index in [4.69, 9.17) is 0 Å². The molecule has 1 aromatic rings. The third-order valence-electron chi connectivity index (χ3n) is 4.41. The van der Waals surface area contributed by atoms with Crippen LogP contribution in [0.2, 0.25) is 0 Å². The third-order valence-corrected chi connectivity index (χ3v) is 5.62. The zero-order chi connectivity index (χ0) is 20.8. The van der Waals surface area contributed by atoms with E-state index in [9.17, 15) is 31.1 Å². The van der Waals surface area contributed by atoms with Gasteiger partial charge < -0.3 is 5.32 Å². The quantitative estimate of drug-likeness (QED) is 0.443. The van der Waals surface area contributed by atoms with Gasteiger partial charge in [0.15, 0.2) is 0 Å². The van der Waals surface area contributed by atoms with Crippen molar-refractivity contribution in [2.75, 3.05) is 12.3 Å². The predicted molar refractivity (Wildman–Crippen MR) is 96.8 cm³/mol. The number of hydrogen-bond donors (Lipinski definition) is 1. The van der Waals surface area contributed by atoms with Gasteiger partial charge in [0.1, 0.15) is 0 Å². The van der Waals surface area contributed by atoms with E-state index in [-0.39, 0.29) is 5.56 Å². The third kappa shape index (κ3) is 7.41. The summed E-state index contributed by atoms with van der Waals surface area (Å²) in [5.74, 6) is -0.860. The first-order chi connectivity index (χ1) is 13.1. The smallest absolute Gasteiger partial charge is 0.345 e. The summed E-state index contributed by atoms with van der Waals surface area (Å²) in [6.07, 6.45) is -1.40. The fourth-order valence-corrected chi connectivity index (χ4v) is 4.17. The molecule has 28 heavy (non-hydrogen) atoms. The lowest BCUT2D eigenvalue weighted by molar-refractivity contribution is -0.173. The molecule has 1 saturated carbocycles. The number of amides is 1. The molecule has 0 bridgehead atoms. The molecule has 0 aliphatic heterocycles. The summed E-state index contributed by atoms with van der Waals surface area (Å²) in [6, 6.07) is 3.60. The van der Waals surface area contributed by atoms with Gasteiger partial charge in [-0.2, -0.15) is 26.3 Å². The molecule has 1 aliphatic carbocycles. The summed E-state index contributed by atoms with van der Waals surface area (Å²) in [5.41, 5.74) is -0.581. The highest BCUT2D eigenvalue weighted by Crippen LogP contribution is 2.35. The van der Waals surface area contributed by atoms with Gasteiger partial charge in [0.2, 0.25) is 0 Å².